The first-order valence-electron chi connectivity index (χ1n) is 10.1. The lowest BCUT2D eigenvalue weighted by atomic mass is 9.80. The number of para-hydroxylation sites is 2. The van der Waals surface area contributed by atoms with Crippen molar-refractivity contribution in [1.29, 1.82) is 0 Å². The number of fused-ring (bicyclic) bond motifs is 1. The van der Waals surface area contributed by atoms with Gasteiger partial charge < -0.3 is 15.6 Å². The highest BCUT2D eigenvalue weighted by atomic mass is 16.2. The Bertz CT molecular complexity index is 721. The number of H-pyrrole nitrogens is 1. The van der Waals surface area contributed by atoms with E-state index in [4.69, 9.17) is 4.98 Å². The average Bonchev–Trinajstić information content (AvgIpc) is 3.11. The van der Waals surface area contributed by atoms with Crippen molar-refractivity contribution in [2.45, 2.75) is 51.4 Å². The minimum atomic E-state index is -0.232. The molecule has 5 nitrogen and oxygen atoms in total. The zero-order valence-electron chi connectivity index (χ0n) is 15.7. The van der Waals surface area contributed by atoms with Gasteiger partial charge in [-0.3, -0.25) is 4.79 Å². The molecule has 0 radical (unpaired) electrons. The average molecular weight is 354 g/mol. The van der Waals surface area contributed by atoms with Gasteiger partial charge in [0.1, 0.15) is 5.82 Å². The van der Waals surface area contributed by atoms with Crippen molar-refractivity contribution >= 4 is 16.9 Å². The van der Waals surface area contributed by atoms with Crippen LogP contribution in [-0.4, -0.2) is 35.5 Å². The van der Waals surface area contributed by atoms with Gasteiger partial charge in [0.05, 0.1) is 16.4 Å². The molecule has 0 unspecified atom stereocenters. The molecule has 1 saturated heterocycles. The molecule has 2 fully saturated rings. The number of aromatic nitrogens is 2. The third kappa shape index (κ3) is 3.63. The molecule has 0 spiro atoms. The van der Waals surface area contributed by atoms with Gasteiger partial charge in [-0.2, -0.15) is 0 Å². The number of carbonyl (C=O) groups is 1. The van der Waals surface area contributed by atoms with Crippen molar-refractivity contribution in [3.63, 3.8) is 0 Å². The number of amides is 1. The molecule has 140 valence electrons. The van der Waals surface area contributed by atoms with Crippen molar-refractivity contribution in [3.05, 3.63) is 30.1 Å². The van der Waals surface area contributed by atoms with E-state index in [1.807, 2.05) is 12.1 Å². The van der Waals surface area contributed by atoms with E-state index < -0.39 is 0 Å². The maximum atomic E-state index is 12.6. The largest absolute Gasteiger partial charge is 0.355 e. The van der Waals surface area contributed by atoms with Gasteiger partial charge in [0, 0.05) is 19.0 Å². The van der Waals surface area contributed by atoms with Crippen LogP contribution in [0.4, 0.5) is 0 Å². The monoisotopic (exact) mass is 354 g/mol. The molecule has 26 heavy (non-hydrogen) atoms. The van der Waals surface area contributed by atoms with Gasteiger partial charge in [0.25, 0.3) is 0 Å². The number of carbonyl (C=O) groups excluding carboxylic acids is 1. The van der Waals surface area contributed by atoms with Gasteiger partial charge in [-0.15, -0.1) is 0 Å². The van der Waals surface area contributed by atoms with Crippen molar-refractivity contribution in [3.8, 4) is 0 Å². The number of benzene rings is 1. The molecule has 5 heteroatoms. The fourth-order valence-corrected chi connectivity index (χ4v) is 4.51. The summed E-state index contributed by atoms with van der Waals surface area (Å²) >= 11 is 0. The molecular formula is C21H30N4O. The topological polar surface area (TPSA) is 69.8 Å². The molecule has 2 heterocycles. The van der Waals surface area contributed by atoms with Gasteiger partial charge in [-0.05, 0) is 70.0 Å². The smallest absolute Gasteiger partial charge is 0.227 e. The molecule has 1 aliphatic heterocycles. The van der Waals surface area contributed by atoms with Gasteiger partial charge in [0.15, 0.2) is 0 Å². The predicted octanol–water partition coefficient (Wildman–Crippen LogP) is 3.34. The zero-order chi connectivity index (χ0) is 18.0. The Kier molecular flexibility index (Phi) is 4.98. The molecule has 2 aromatic rings. The van der Waals surface area contributed by atoms with Crippen LogP contribution >= 0.6 is 0 Å². The van der Waals surface area contributed by atoms with E-state index in [-0.39, 0.29) is 11.3 Å². The molecule has 0 bridgehead atoms. The molecule has 1 aliphatic carbocycles. The highest BCUT2D eigenvalue weighted by Gasteiger charge is 2.35. The standard InChI is InChI=1S/C21H30N4O/c1-21(11-4-12-22-14-21)20(26)23-13-15-7-9-16(10-8-15)19-24-17-5-2-3-6-18(17)25-19/h2-3,5-6,15-16,22H,4,7-14H2,1H3,(H,23,26)(H,24,25)/t15?,16?,21-/m0/s1. The van der Waals surface area contributed by atoms with Crippen LogP contribution < -0.4 is 10.6 Å². The number of nitrogens with zero attached hydrogens (tertiary/aromatic N) is 1. The first kappa shape index (κ1) is 17.5. The normalized spacial score (nSPS) is 29.6. The highest BCUT2D eigenvalue weighted by molar-refractivity contribution is 5.82. The fraction of sp³-hybridized carbons (Fsp3) is 0.619. The number of rotatable bonds is 4. The summed E-state index contributed by atoms with van der Waals surface area (Å²) in [7, 11) is 0. The fourth-order valence-electron chi connectivity index (χ4n) is 4.51. The zero-order valence-corrected chi connectivity index (χ0v) is 15.7. The molecule has 2 aliphatic rings. The van der Waals surface area contributed by atoms with Crippen LogP contribution in [0.3, 0.4) is 0 Å². The summed E-state index contributed by atoms with van der Waals surface area (Å²) in [5.41, 5.74) is 1.96. The second kappa shape index (κ2) is 7.39. The SMILES string of the molecule is C[C@]1(C(=O)NCC2CCC(c3nc4ccccc4[nH]3)CC2)CCCNC1. The van der Waals surface area contributed by atoms with Gasteiger partial charge >= 0.3 is 0 Å². The van der Waals surface area contributed by atoms with Crippen LogP contribution in [0.5, 0.6) is 0 Å². The van der Waals surface area contributed by atoms with Crippen LogP contribution in [0, 0.1) is 11.3 Å². The third-order valence-corrected chi connectivity index (χ3v) is 6.34. The Balaban J connectivity index is 1.27. The molecule has 1 saturated carbocycles. The molecule has 1 amide bonds. The summed E-state index contributed by atoms with van der Waals surface area (Å²) in [6.07, 6.45) is 6.71. The quantitative estimate of drug-likeness (QED) is 0.789. The Hall–Kier alpha value is -1.88. The maximum Gasteiger partial charge on any atom is 0.227 e. The van der Waals surface area contributed by atoms with Crippen molar-refractivity contribution in [1.82, 2.24) is 20.6 Å². The van der Waals surface area contributed by atoms with E-state index in [1.165, 1.54) is 0 Å². The summed E-state index contributed by atoms with van der Waals surface area (Å²) in [5.74, 6) is 2.48. The van der Waals surface area contributed by atoms with E-state index in [0.29, 0.717) is 11.8 Å². The third-order valence-electron chi connectivity index (χ3n) is 6.34. The Labute approximate surface area is 155 Å². The van der Waals surface area contributed by atoms with Crippen molar-refractivity contribution in [2.75, 3.05) is 19.6 Å². The second-order valence-corrected chi connectivity index (χ2v) is 8.41. The Morgan fingerprint density at radius 1 is 1.27 bits per heavy atom. The molecule has 1 aromatic carbocycles. The minimum absolute atomic E-state index is 0.226. The lowest BCUT2D eigenvalue weighted by Gasteiger charge is -2.34. The van der Waals surface area contributed by atoms with Crippen LogP contribution in [-0.2, 0) is 4.79 Å². The van der Waals surface area contributed by atoms with Crippen LogP contribution in [0.15, 0.2) is 24.3 Å². The summed E-state index contributed by atoms with van der Waals surface area (Å²) in [6, 6.07) is 8.24. The summed E-state index contributed by atoms with van der Waals surface area (Å²) in [5, 5.41) is 6.59. The van der Waals surface area contributed by atoms with Crippen molar-refractivity contribution in [2.24, 2.45) is 11.3 Å². The van der Waals surface area contributed by atoms with E-state index in [1.54, 1.807) is 0 Å². The lowest BCUT2D eigenvalue weighted by molar-refractivity contribution is -0.131. The Morgan fingerprint density at radius 2 is 2.08 bits per heavy atom. The number of piperidine rings is 1. The first-order valence-corrected chi connectivity index (χ1v) is 10.1. The van der Waals surface area contributed by atoms with Crippen LogP contribution in [0.1, 0.15) is 57.2 Å². The van der Waals surface area contributed by atoms with Gasteiger partial charge in [0.2, 0.25) is 5.91 Å². The lowest BCUT2D eigenvalue weighted by Crippen LogP contribution is -2.49. The highest BCUT2D eigenvalue weighted by Crippen LogP contribution is 2.35. The number of hydrogen-bond donors (Lipinski definition) is 3. The number of hydrogen-bond acceptors (Lipinski definition) is 3. The van der Waals surface area contributed by atoms with E-state index in [9.17, 15) is 4.79 Å². The molecule has 1 atom stereocenters. The number of imidazole rings is 1. The van der Waals surface area contributed by atoms with E-state index in [2.05, 4.69) is 34.7 Å². The molecular weight excluding hydrogens is 324 g/mol. The predicted molar refractivity (Wildman–Crippen MR) is 104 cm³/mol. The molecule has 1 aromatic heterocycles. The molecule has 3 N–H and O–H groups in total. The van der Waals surface area contributed by atoms with E-state index in [0.717, 1.165) is 75.0 Å². The number of aromatic amines is 1. The minimum Gasteiger partial charge on any atom is -0.355 e. The van der Waals surface area contributed by atoms with Crippen molar-refractivity contribution < 1.29 is 4.79 Å². The van der Waals surface area contributed by atoms with Gasteiger partial charge in [-0.1, -0.05) is 12.1 Å². The second-order valence-electron chi connectivity index (χ2n) is 8.41. The summed E-state index contributed by atoms with van der Waals surface area (Å²) in [6.45, 7) is 4.75. The van der Waals surface area contributed by atoms with Crippen LogP contribution in [0.2, 0.25) is 0 Å². The first-order chi connectivity index (χ1) is 12.6. The summed E-state index contributed by atoms with van der Waals surface area (Å²) < 4.78 is 0. The summed E-state index contributed by atoms with van der Waals surface area (Å²) in [4.78, 5) is 20.8. The van der Waals surface area contributed by atoms with Gasteiger partial charge in [-0.25, -0.2) is 4.98 Å². The number of nitrogens with one attached hydrogen (secondary N) is 3. The maximum absolute atomic E-state index is 12.6. The van der Waals surface area contributed by atoms with E-state index >= 15 is 0 Å². The van der Waals surface area contributed by atoms with Crippen LogP contribution in [0.25, 0.3) is 11.0 Å². The molecule has 4 rings (SSSR count). The Morgan fingerprint density at radius 3 is 2.81 bits per heavy atom.